The fourth-order valence-electron chi connectivity index (χ4n) is 2.16. The van der Waals surface area contributed by atoms with Crippen molar-refractivity contribution < 1.29 is 14.1 Å². The lowest BCUT2D eigenvalue weighted by Crippen LogP contribution is -2.23. The monoisotopic (exact) mass is 327 g/mol. The SMILES string of the molecule is COc1cccc(-c2noc(C(=O)NCc3cnn(C)c3C)n2)c1. The fourth-order valence-corrected chi connectivity index (χ4v) is 2.16. The molecule has 0 aliphatic heterocycles. The minimum Gasteiger partial charge on any atom is -0.497 e. The molecule has 1 aromatic carbocycles. The Balaban J connectivity index is 1.70. The second-order valence-corrected chi connectivity index (χ2v) is 5.22. The van der Waals surface area contributed by atoms with Crippen molar-refractivity contribution >= 4 is 5.91 Å². The van der Waals surface area contributed by atoms with Gasteiger partial charge in [0.2, 0.25) is 5.82 Å². The molecular formula is C16H17N5O3. The molecule has 3 aromatic rings. The Hall–Kier alpha value is -3.16. The van der Waals surface area contributed by atoms with Gasteiger partial charge in [0.25, 0.3) is 0 Å². The molecule has 0 unspecified atom stereocenters. The highest BCUT2D eigenvalue weighted by molar-refractivity contribution is 5.89. The molecule has 0 atom stereocenters. The van der Waals surface area contributed by atoms with Crippen molar-refractivity contribution in [2.24, 2.45) is 7.05 Å². The van der Waals surface area contributed by atoms with Crippen molar-refractivity contribution in [3.05, 3.63) is 47.6 Å². The molecule has 0 spiro atoms. The van der Waals surface area contributed by atoms with Crippen molar-refractivity contribution in [3.63, 3.8) is 0 Å². The lowest BCUT2D eigenvalue weighted by Gasteiger charge is -2.01. The van der Waals surface area contributed by atoms with Gasteiger partial charge in [-0.25, -0.2) is 0 Å². The highest BCUT2D eigenvalue weighted by Gasteiger charge is 2.17. The number of hydrogen-bond donors (Lipinski definition) is 1. The van der Waals surface area contributed by atoms with Gasteiger partial charge in [0.1, 0.15) is 5.75 Å². The number of ether oxygens (including phenoxy) is 1. The average molecular weight is 327 g/mol. The minimum absolute atomic E-state index is 0.0886. The van der Waals surface area contributed by atoms with E-state index in [1.165, 1.54) is 0 Å². The molecule has 0 aliphatic carbocycles. The third kappa shape index (κ3) is 3.12. The van der Waals surface area contributed by atoms with E-state index in [0.717, 1.165) is 11.3 Å². The summed E-state index contributed by atoms with van der Waals surface area (Å²) >= 11 is 0. The van der Waals surface area contributed by atoms with Crippen LogP contribution >= 0.6 is 0 Å². The summed E-state index contributed by atoms with van der Waals surface area (Å²) in [6.07, 6.45) is 1.71. The zero-order chi connectivity index (χ0) is 17.1. The Morgan fingerprint density at radius 3 is 2.96 bits per heavy atom. The molecule has 0 radical (unpaired) electrons. The van der Waals surface area contributed by atoms with Crippen LogP contribution in [-0.4, -0.2) is 32.9 Å². The van der Waals surface area contributed by atoms with Crippen LogP contribution in [0.15, 0.2) is 35.0 Å². The lowest BCUT2D eigenvalue weighted by molar-refractivity contribution is 0.0907. The molecule has 124 valence electrons. The van der Waals surface area contributed by atoms with Gasteiger partial charge in [0.15, 0.2) is 0 Å². The van der Waals surface area contributed by atoms with Crippen LogP contribution in [-0.2, 0) is 13.6 Å². The van der Waals surface area contributed by atoms with Crippen molar-refractivity contribution in [2.45, 2.75) is 13.5 Å². The first-order valence-corrected chi connectivity index (χ1v) is 7.32. The number of benzene rings is 1. The molecule has 1 N–H and O–H groups in total. The average Bonchev–Trinajstić information content (AvgIpc) is 3.22. The number of aromatic nitrogens is 4. The van der Waals surface area contributed by atoms with Crippen LogP contribution in [0.25, 0.3) is 11.4 Å². The summed E-state index contributed by atoms with van der Waals surface area (Å²) in [5.74, 6) is 0.487. The predicted molar refractivity (Wildman–Crippen MR) is 85.4 cm³/mol. The molecule has 8 nitrogen and oxygen atoms in total. The highest BCUT2D eigenvalue weighted by Crippen LogP contribution is 2.21. The van der Waals surface area contributed by atoms with E-state index in [-0.39, 0.29) is 5.89 Å². The Morgan fingerprint density at radius 1 is 1.42 bits per heavy atom. The Labute approximate surface area is 138 Å². The summed E-state index contributed by atoms with van der Waals surface area (Å²) in [7, 11) is 3.42. The van der Waals surface area contributed by atoms with Gasteiger partial charge in [-0.3, -0.25) is 9.48 Å². The zero-order valence-corrected chi connectivity index (χ0v) is 13.6. The molecule has 0 fully saturated rings. The maximum Gasteiger partial charge on any atom is 0.316 e. The molecule has 8 heteroatoms. The number of rotatable bonds is 5. The van der Waals surface area contributed by atoms with Gasteiger partial charge in [-0.1, -0.05) is 17.3 Å². The fraction of sp³-hybridized carbons (Fsp3) is 0.250. The first-order chi connectivity index (χ1) is 11.6. The first-order valence-electron chi connectivity index (χ1n) is 7.32. The number of carbonyl (C=O) groups is 1. The minimum atomic E-state index is -0.431. The van der Waals surface area contributed by atoms with E-state index in [4.69, 9.17) is 9.26 Å². The smallest absolute Gasteiger partial charge is 0.316 e. The summed E-state index contributed by atoms with van der Waals surface area (Å²) in [6.45, 7) is 2.28. The second-order valence-electron chi connectivity index (χ2n) is 5.22. The molecule has 24 heavy (non-hydrogen) atoms. The molecule has 0 saturated heterocycles. The van der Waals surface area contributed by atoms with E-state index < -0.39 is 5.91 Å². The van der Waals surface area contributed by atoms with Crippen LogP contribution in [0.2, 0.25) is 0 Å². The maximum absolute atomic E-state index is 12.1. The van der Waals surface area contributed by atoms with E-state index in [9.17, 15) is 4.79 Å². The van der Waals surface area contributed by atoms with Crippen LogP contribution < -0.4 is 10.1 Å². The Morgan fingerprint density at radius 2 is 2.25 bits per heavy atom. The summed E-state index contributed by atoms with van der Waals surface area (Å²) in [4.78, 5) is 16.3. The summed E-state index contributed by atoms with van der Waals surface area (Å²) in [5.41, 5.74) is 2.62. The number of aryl methyl sites for hydroxylation is 1. The standard InChI is InChI=1S/C16H17N5O3/c1-10-12(9-18-21(10)2)8-17-15(22)16-19-14(20-24-16)11-5-4-6-13(7-11)23-3/h4-7,9H,8H2,1-3H3,(H,17,22). The first kappa shape index (κ1) is 15.7. The topological polar surface area (TPSA) is 95.1 Å². The number of amides is 1. The number of nitrogens with zero attached hydrogens (tertiary/aromatic N) is 4. The normalized spacial score (nSPS) is 10.6. The molecular weight excluding hydrogens is 310 g/mol. The van der Waals surface area contributed by atoms with E-state index in [0.29, 0.717) is 23.7 Å². The van der Waals surface area contributed by atoms with Crippen LogP contribution in [0, 0.1) is 6.92 Å². The third-order valence-electron chi connectivity index (χ3n) is 3.72. The quantitative estimate of drug-likeness (QED) is 0.766. The molecule has 0 bridgehead atoms. The van der Waals surface area contributed by atoms with Crippen LogP contribution in [0.3, 0.4) is 0 Å². The summed E-state index contributed by atoms with van der Waals surface area (Å²) < 4.78 is 11.9. The molecule has 3 rings (SSSR count). The number of hydrogen-bond acceptors (Lipinski definition) is 6. The van der Waals surface area contributed by atoms with E-state index in [1.807, 2.05) is 32.2 Å². The van der Waals surface area contributed by atoms with Gasteiger partial charge in [-0.2, -0.15) is 10.1 Å². The maximum atomic E-state index is 12.1. The predicted octanol–water partition coefficient (Wildman–Crippen LogP) is 1.72. The van der Waals surface area contributed by atoms with E-state index in [1.54, 1.807) is 24.1 Å². The molecule has 0 aliphatic rings. The second kappa shape index (κ2) is 6.53. The van der Waals surface area contributed by atoms with E-state index >= 15 is 0 Å². The van der Waals surface area contributed by atoms with Gasteiger partial charge >= 0.3 is 11.8 Å². The van der Waals surface area contributed by atoms with Crippen LogP contribution in [0.4, 0.5) is 0 Å². The zero-order valence-electron chi connectivity index (χ0n) is 13.6. The van der Waals surface area contributed by atoms with E-state index in [2.05, 4.69) is 20.6 Å². The molecule has 2 aromatic heterocycles. The van der Waals surface area contributed by atoms with Crippen LogP contribution in [0.1, 0.15) is 21.9 Å². The van der Waals surface area contributed by atoms with Gasteiger partial charge in [-0.15, -0.1) is 0 Å². The lowest BCUT2D eigenvalue weighted by atomic mass is 10.2. The summed E-state index contributed by atoms with van der Waals surface area (Å²) in [5, 5.41) is 10.7. The summed E-state index contributed by atoms with van der Waals surface area (Å²) in [6, 6.07) is 7.21. The molecule has 0 saturated carbocycles. The largest absolute Gasteiger partial charge is 0.497 e. The van der Waals surface area contributed by atoms with Gasteiger partial charge in [0, 0.05) is 30.4 Å². The van der Waals surface area contributed by atoms with Gasteiger partial charge in [-0.05, 0) is 19.1 Å². The number of carbonyl (C=O) groups excluding carboxylic acids is 1. The van der Waals surface area contributed by atoms with Crippen molar-refractivity contribution in [1.29, 1.82) is 0 Å². The van der Waals surface area contributed by atoms with Gasteiger partial charge < -0.3 is 14.6 Å². The highest BCUT2D eigenvalue weighted by atomic mass is 16.5. The van der Waals surface area contributed by atoms with Gasteiger partial charge in [0.05, 0.1) is 13.3 Å². The van der Waals surface area contributed by atoms with Crippen LogP contribution in [0.5, 0.6) is 5.75 Å². The number of methoxy groups -OCH3 is 1. The number of nitrogens with one attached hydrogen (secondary N) is 1. The van der Waals surface area contributed by atoms with Crippen molar-refractivity contribution in [1.82, 2.24) is 25.2 Å². The molecule has 1 amide bonds. The Kier molecular flexibility index (Phi) is 4.28. The molecule has 2 heterocycles. The Bertz CT molecular complexity index is 868. The van der Waals surface area contributed by atoms with Crippen molar-refractivity contribution in [2.75, 3.05) is 7.11 Å². The van der Waals surface area contributed by atoms with Crippen molar-refractivity contribution in [3.8, 4) is 17.1 Å². The third-order valence-corrected chi connectivity index (χ3v) is 3.72.